The fourth-order valence-corrected chi connectivity index (χ4v) is 4.70. The van der Waals surface area contributed by atoms with E-state index < -0.39 is 6.04 Å². The molecule has 2 aliphatic carbocycles. The topological polar surface area (TPSA) is 130 Å². The van der Waals surface area contributed by atoms with Crippen molar-refractivity contribution in [3.05, 3.63) is 41.9 Å². The highest BCUT2D eigenvalue weighted by atomic mass is 16.2. The number of hydrogen-bond donors (Lipinski definition) is 3. The van der Waals surface area contributed by atoms with E-state index in [1.165, 1.54) is 11.0 Å². The van der Waals surface area contributed by atoms with Crippen molar-refractivity contribution in [1.29, 1.82) is 0 Å². The maximum atomic E-state index is 13.4. The fraction of sp³-hybridized carbons (Fsp3) is 0.478. The van der Waals surface area contributed by atoms with Gasteiger partial charge >= 0.3 is 0 Å². The van der Waals surface area contributed by atoms with Crippen molar-refractivity contribution in [3.8, 4) is 11.3 Å². The number of anilines is 1. The Morgan fingerprint density at radius 2 is 1.85 bits per heavy atom. The Hall–Kier alpha value is -3.56. The van der Waals surface area contributed by atoms with E-state index in [1.54, 1.807) is 13.2 Å². The zero-order valence-electron chi connectivity index (χ0n) is 19.0. The molecule has 0 saturated heterocycles. The molecule has 0 aliphatic heterocycles. The highest BCUT2D eigenvalue weighted by Gasteiger charge is 2.48. The Morgan fingerprint density at radius 3 is 2.36 bits per heavy atom. The van der Waals surface area contributed by atoms with Crippen LogP contribution >= 0.6 is 0 Å². The van der Waals surface area contributed by atoms with Crippen molar-refractivity contribution in [2.75, 3.05) is 5.32 Å². The molecule has 0 radical (unpaired) electrons. The summed E-state index contributed by atoms with van der Waals surface area (Å²) in [4.78, 5) is 34.9. The number of aromatic nitrogens is 6. The number of carbonyl (C=O) groups excluding carboxylic acids is 2. The number of nitrogens with one attached hydrogen (secondary N) is 3. The van der Waals surface area contributed by atoms with Gasteiger partial charge in [-0.1, -0.05) is 0 Å². The number of H-pyrrole nitrogens is 1. The van der Waals surface area contributed by atoms with Gasteiger partial charge < -0.3 is 10.6 Å². The molecule has 2 amide bonds. The Balaban J connectivity index is 1.35. The molecule has 0 bridgehead atoms. The average Bonchev–Trinajstić information content (AvgIpc) is 3.72. The van der Waals surface area contributed by atoms with Gasteiger partial charge in [0.15, 0.2) is 0 Å². The summed E-state index contributed by atoms with van der Waals surface area (Å²) in [7, 11) is 1.66. The van der Waals surface area contributed by atoms with Crippen molar-refractivity contribution in [2.24, 2.45) is 24.8 Å². The second-order valence-electron chi connectivity index (χ2n) is 9.14. The first-order valence-corrected chi connectivity index (χ1v) is 11.4. The summed E-state index contributed by atoms with van der Waals surface area (Å²) in [5.74, 6) is 0.655. The minimum Gasteiger partial charge on any atom is -0.337 e. The molecule has 10 nitrogen and oxygen atoms in total. The Labute approximate surface area is 191 Å². The summed E-state index contributed by atoms with van der Waals surface area (Å²) in [6.45, 7) is 3.88. The zero-order valence-corrected chi connectivity index (χ0v) is 19.0. The molecule has 2 fully saturated rings. The van der Waals surface area contributed by atoms with Crippen LogP contribution < -0.4 is 10.6 Å². The first-order chi connectivity index (χ1) is 15.9. The first-order valence-electron chi connectivity index (χ1n) is 11.4. The normalized spacial score (nSPS) is 16.6. The fourth-order valence-electron chi connectivity index (χ4n) is 4.70. The van der Waals surface area contributed by atoms with Crippen LogP contribution in [0.1, 0.15) is 47.7 Å². The quantitative estimate of drug-likeness (QED) is 0.485. The van der Waals surface area contributed by atoms with Gasteiger partial charge in [0.25, 0.3) is 5.91 Å². The summed E-state index contributed by atoms with van der Waals surface area (Å²) < 4.78 is 1.41. The monoisotopic (exact) mass is 448 g/mol. The number of pyridine rings is 1. The number of amides is 2. The van der Waals surface area contributed by atoms with Gasteiger partial charge in [0.2, 0.25) is 11.7 Å². The molecule has 1 atom stereocenters. The third-order valence-corrected chi connectivity index (χ3v) is 6.62. The molecular weight excluding hydrogens is 420 g/mol. The van der Waals surface area contributed by atoms with Gasteiger partial charge in [-0.05, 0) is 69.4 Å². The molecule has 0 unspecified atom stereocenters. The van der Waals surface area contributed by atoms with Gasteiger partial charge in [-0.25, -0.2) is 9.67 Å². The molecule has 172 valence electrons. The minimum absolute atomic E-state index is 0.130. The number of hydrogen-bond acceptors (Lipinski definition) is 6. The summed E-state index contributed by atoms with van der Waals surface area (Å²) in [5.41, 5.74) is 4.16. The van der Waals surface area contributed by atoms with Crippen LogP contribution in [0.3, 0.4) is 0 Å². The van der Waals surface area contributed by atoms with Crippen molar-refractivity contribution < 1.29 is 9.59 Å². The number of rotatable bonds is 8. The molecule has 10 heteroatoms. The van der Waals surface area contributed by atoms with Crippen molar-refractivity contribution >= 4 is 17.5 Å². The Morgan fingerprint density at radius 1 is 1.12 bits per heavy atom. The molecule has 3 aromatic heterocycles. The van der Waals surface area contributed by atoms with Crippen LogP contribution in [0.15, 0.2) is 24.7 Å². The molecule has 5 rings (SSSR count). The van der Waals surface area contributed by atoms with Crippen LogP contribution in [0.4, 0.5) is 5.69 Å². The number of nitrogens with zero attached hydrogens (tertiary/aromatic N) is 5. The zero-order chi connectivity index (χ0) is 23.1. The molecule has 33 heavy (non-hydrogen) atoms. The maximum absolute atomic E-state index is 13.4. The SMILES string of the molecule is Cc1n[nH]c(C)c1-c1ccc(NC(=O)[C@@H](NC(=O)c2ncnn2C)C(C2CC2)C2CC2)cn1. The highest BCUT2D eigenvalue weighted by Crippen LogP contribution is 2.50. The van der Waals surface area contributed by atoms with E-state index in [0.717, 1.165) is 48.3 Å². The lowest BCUT2D eigenvalue weighted by molar-refractivity contribution is -0.119. The maximum Gasteiger partial charge on any atom is 0.289 e. The van der Waals surface area contributed by atoms with Crippen molar-refractivity contribution in [1.82, 2.24) is 35.3 Å². The Kier molecular flexibility index (Phi) is 5.43. The summed E-state index contributed by atoms with van der Waals surface area (Å²) in [6.07, 6.45) is 7.38. The predicted molar refractivity (Wildman–Crippen MR) is 121 cm³/mol. The highest BCUT2D eigenvalue weighted by molar-refractivity contribution is 6.00. The van der Waals surface area contributed by atoms with Gasteiger partial charge in [-0.2, -0.15) is 10.2 Å². The average molecular weight is 449 g/mol. The third-order valence-electron chi connectivity index (χ3n) is 6.62. The van der Waals surface area contributed by atoms with Crippen LogP contribution in [-0.2, 0) is 11.8 Å². The molecular formula is C23H28N8O2. The number of carbonyl (C=O) groups is 2. The van der Waals surface area contributed by atoms with Crippen LogP contribution in [0.2, 0.25) is 0 Å². The largest absolute Gasteiger partial charge is 0.337 e. The van der Waals surface area contributed by atoms with E-state index in [9.17, 15) is 9.59 Å². The second kappa shape index (κ2) is 8.42. The smallest absolute Gasteiger partial charge is 0.289 e. The summed E-state index contributed by atoms with van der Waals surface area (Å²) in [6, 6.07) is 3.07. The lowest BCUT2D eigenvalue weighted by Crippen LogP contribution is -2.50. The molecule has 3 heterocycles. The third kappa shape index (κ3) is 4.37. The lowest BCUT2D eigenvalue weighted by Gasteiger charge is -2.27. The van der Waals surface area contributed by atoms with E-state index in [2.05, 4.69) is 35.9 Å². The van der Waals surface area contributed by atoms with Crippen LogP contribution in [0.25, 0.3) is 11.3 Å². The van der Waals surface area contributed by atoms with Gasteiger partial charge in [-0.3, -0.25) is 19.7 Å². The van der Waals surface area contributed by atoms with E-state index in [0.29, 0.717) is 17.5 Å². The molecule has 3 N–H and O–H groups in total. The molecule has 0 aromatic carbocycles. The molecule has 0 spiro atoms. The molecule has 3 aromatic rings. The Bertz CT molecular complexity index is 1140. The van der Waals surface area contributed by atoms with E-state index >= 15 is 0 Å². The van der Waals surface area contributed by atoms with Crippen LogP contribution in [-0.4, -0.2) is 47.8 Å². The molecule has 2 aliphatic rings. The van der Waals surface area contributed by atoms with Crippen LogP contribution in [0, 0.1) is 31.6 Å². The van der Waals surface area contributed by atoms with Crippen molar-refractivity contribution in [2.45, 2.75) is 45.6 Å². The van der Waals surface area contributed by atoms with Gasteiger partial charge in [0.05, 0.1) is 23.3 Å². The van der Waals surface area contributed by atoms with Gasteiger partial charge in [-0.15, -0.1) is 0 Å². The minimum atomic E-state index is -0.632. The summed E-state index contributed by atoms with van der Waals surface area (Å²) in [5, 5.41) is 17.1. The number of aryl methyl sites for hydroxylation is 3. The van der Waals surface area contributed by atoms with Gasteiger partial charge in [0, 0.05) is 18.3 Å². The predicted octanol–water partition coefficient (Wildman–Crippen LogP) is 2.39. The van der Waals surface area contributed by atoms with Gasteiger partial charge in [0.1, 0.15) is 12.4 Å². The lowest BCUT2D eigenvalue weighted by atomic mass is 9.88. The van der Waals surface area contributed by atoms with Crippen LogP contribution in [0.5, 0.6) is 0 Å². The second-order valence-corrected chi connectivity index (χ2v) is 9.14. The summed E-state index contributed by atoms with van der Waals surface area (Å²) >= 11 is 0. The number of aromatic amines is 1. The van der Waals surface area contributed by atoms with E-state index in [1.807, 2.05) is 26.0 Å². The first kappa shape index (κ1) is 21.3. The standard InChI is InChI=1S/C23H28N8O2/c1-12-18(13(2)30-29-12)17-9-8-16(10-24-17)27-22(32)20(19(14-4-5-14)15-6-7-15)28-23(33)21-25-11-26-31(21)3/h8-11,14-15,19-20H,4-7H2,1-3H3,(H,27,32)(H,28,33)(H,29,30)/t20-/m0/s1. The van der Waals surface area contributed by atoms with Crippen molar-refractivity contribution in [3.63, 3.8) is 0 Å². The van der Waals surface area contributed by atoms with E-state index in [-0.39, 0.29) is 23.6 Å². The van der Waals surface area contributed by atoms with E-state index in [4.69, 9.17) is 0 Å². The molecule has 2 saturated carbocycles.